The van der Waals surface area contributed by atoms with Crippen molar-refractivity contribution >= 4 is 10.0 Å². The van der Waals surface area contributed by atoms with Gasteiger partial charge in [0.2, 0.25) is 10.0 Å². The molecule has 0 amide bonds. The summed E-state index contributed by atoms with van der Waals surface area (Å²) in [5.41, 5.74) is 0. The summed E-state index contributed by atoms with van der Waals surface area (Å²) in [6.07, 6.45) is 5.02. The maximum absolute atomic E-state index is 12.4. The van der Waals surface area contributed by atoms with E-state index in [4.69, 9.17) is 4.74 Å². The van der Waals surface area contributed by atoms with E-state index in [0.29, 0.717) is 19.2 Å². The van der Waals surface area contributed by atoms with Gasteiger partial charge in [-0.25, -0.2) is 8.42 Å². The van der Waals surface area contributed by atoms with Gasteiger partial charge >= 0.3 is 0 Å². The standard InChI is InChI=1S/C14H30N2O3S/c1-4-13(2)16(10-11-19-3)20(17,18)12-6-5-9-15-14-7-8-14/h13-15H,4-12H2,1-3H3. The zero-order valence-corrected chi connectivity index (χ0v) is 13.9. The summed E-state index contributed by atoms with van der Waals surface area (Å²) in [6, 6.07) is 0.740. The van der Waals surface area contributed by atoms with Crippen LogP contribution in [0, 0.1) is 0 Å². The van der Waals surface area contributed by atoms with E-state index in [0.717, 1.165) is 25.8 Å². The van der Waals surface area contributed by atoms with Crippen molar-refractivity contribution in [1.29, 1.82) is 0 Å². The molecule has 1 aliphatic rings. The van der Waals surface area contributed by atoms with Crippen LogP contribution in [0.5, 0.6) is 0 Å². The highest BCUT2D eigenvalue weighted by Gasteiger charge is 2.25. The van der Waals surface area contributed by atoms with Crippen LogP contribution in [0.1, 0.15) is 46.0 Å². The number of hydrogen-bond donors (Lipinski definition) is 1. The maximum atomic E-state index is 12.4. The van der Waals surface area contributed by atoms with E-state index in [-0.39, 0.29) is 11.8 Å². The van der Waals surface area contributed by atoms with Crippen LogP contribution in [0.15, 0.2) is 0 Å². The van der Waals surface area contributed by atoms with E-state index in [1.165, 1.54) is 12.8 Å². The molecule has 0 bridgehead atoms. The van der Waals surface area contributed by atoms with Crippen LogP contribution in [0.25, 0.3) is 0 Å². The lowest BCUT2D eigenvalue weighted by atomic mass is 10.3. The van der Waals surface area contributed by atoms with Gasteiger partial charge in [0.25, 0.3) is 0 Å². The summed E-state index contributed by atoms with van der Waals surface area (Å²) in [4.78, 5) is 0. The Morgan fingerprint density at radius 1 is 1.35 bits per heavy atom. The lowest BCUT2D eigenvalue weighted by Gasteiger charge is -2.27. The summed E-state index contributed by atoms with van der Waals surface area (Å²) in [5.74, 6) is 0.243. The predicted molar refractivity (Wildman–Crippen MR) is 82.4 cm³/mol. The Labute approximate surface area is 124 Å². The summed E-state index contributed by atoms with van der Waals surface area (Å²) in [7, 11) is -1.56. The molecular weight excluding hydrogens is 276 g/mol. The molecule has 20 heavy (non-hydrogen) atoms. The van der Waals surface area contributed by atoms with Crippen molar-refractivity contribution in [2.24, 2.45) is 0 Å². The minimum absolute atomic E-state index is 0.0414. The van der Waals surface area contributed by atoms with Gasteiger partial charge in [0.05, 0.1) is 12.4 Å². The second-order valence-corrected chi connectivity index (χ2v) is 7.65. The molecule has 0 aromatic rings. The monoisotopic (exact) mass is 306 g/mol. The highest BCUT2D eigenvalue weighted by atomic mass is 32.2. The number of nitrogens with one attached hydrogen (secondary N) is 1. The van der Waals surface area contributed by atoms with E-state index < -0.39 is 10.0 Å². The van der Waals surface area contributed by atoms with Crippen LogP contribution < -0.4 is 5.32 Å². The predicted octanol–water partition coefficient (Wildman–Crippen LogP) is 1.60. The summed E-state index contributed by atoms with van der Waals surface area (Å²) in [5, 5.41) is 3.41. The highest BCUT2D eigenvalue weighted by Crippen LogP contribution is 2.18. The van der Waals surface area contributed by atoms with E-state index in [1.807, 2.05) is 13.8 Å². The number of ether oxygens (including phenoxy) is 1. The Hall–Kier alpha value is -0.170. The number of unbranched alkanes of at least 4 members (excludes halogenated alkanes) is 1. The topological polar surface area (TPSA) is 58.6 Å². The van der Waals surface area contributed by atoms with E-state index in [2.05, 4.69) is 5.32 Å². The number of sulfonamides is 1. The first-order valence-electron chi connectivity index (χ1n) is 7.73. The molecule has 120 valence electrons. The van der Waals surface area contributed by atoms with Crippen molar-refractivity contribution in [3.05, 3.63) is 0 Å². The maximum Gasteiger partial charge on any atom is 0.214 e. The first-order chi connectivity index (χ1) is 9.51. The van der Waals surface area contributed by atoms with Gasteiger partial charge in [-0.05, 0) is 45.6 Å². The van der Waals surface area contributed by atoms with Gasteiger partial charge in [0.1, 0.15) is 0 Å². The number of rotatable bonds is 12. The normalized spacial score (nSPS) is 17.6. The SMILES string of the molecule is CCC(C)N(CCOC)S(=O)(=O)CCCCNC1CC1. The zero-order valence-electron chi connectivity index (χ0n) is 13.1. The summed E-state index contributed by atoms with van der Waals surface area (Å²) in [6.45, 7) is 5.81. The van der Waals surface area contributed by atoms with Crippen molar-refractivity contribution < 1.29 is 13.2 Å². The van der Waals surface area contributed by atoms with Crippen LogP contribution in [0.4, 0.5) is 0 Å². The van der Waals surface area contributed by atoms with Crippen molar-refractivity contribution in [2.45, 2.75) is 58.0 Å². The summed E-state index contributed by atoms with van der Waals surface area (Å²) < 4.78 is 31.4. The van der Waals surface area contributed by atoms with Crippen LogP contribution in [-0.4, -0.2) is 57.4 Å². The minimum Gasteiger partial charge on any atom is -0.383 e. The van der Waals surface area contributed by atoms with Crippen LogP contribution >= 0.6 is 0 Å². The van der Waals surface area contributed by atoms with Gasteiger partial charge in [-0.2, -0.15) is 4.31 Å². The highest BCUT2D eigenvalue weighted by molar-refractivity contribution is 7.89. The number of hydrogen-bond acceptors (Lipinski definition) is 4. The van der Waals surface area contributed by atoms with E-state index in [1.54, 1.807) is 11.4 Å². The van der Waals surface area contributed by atoms with E-state index in [9.17, 15) is 8.42 Å². The molecule has 0 aliphatic heterocycles. The Bertz CT molecular complexity index is 355. The lowest BCUT2D eigenvalue weighted by molar-refractivity contribution is 0.167. The van der Waals surface area contributed by atoms with Gasteiger partial charge in [-0.15, -0.1) is 0 Å². The molecule has 0 heterocycles. The third kappa shape index (κ3) is 6.52. The van der Waals surface area contributed by atoms with Crippen LogP contribution in [-0.2, 0) is 14.8 Å². The minimum atomic E-state index is -3.17. The molecule has 1 N–H and O–H groups in total. The molecular formula is C14H30N2O3S. The fraction of sp³-hybridized carbons (Fsp3) is 1.00. The van der Waals surface area contributed by atoms with Crippen molar-refractivity contribution in [3.63, 3.8) is 0 Å². The Morgan fingerprint density at radius 3 is 2.60 bits per heavy atom. The lowest BCUT2D eigenvalue weighted by Crippen LogP contribution is -2.41. The number of nitrogens with zero attached hydrogens (tertiary/aromatic N) is 1. The zero-order chi connectivity index (χ0) is 15.0. The van der Waals surface area contributed by atoms with Crippen molar-refractivity contribution in [3.8, 4) is 0 Å². The van der Waals surface area contributed by atoms with Crippen LogP contribution in [0.3, 0.4) is 0 Å². The van der Waals surface area contributed by atoms with Crippen molar-refractivity contribution in [1.82, 2.24) is 9.62 Å². The largest absolute Gasteiger partial charge is 0.383 e. The average molecular weight is 306 g/mol. The molecule has 0 aromatic heterocycles. The third-order valence-corrected chi connectivity index (χ3v) is 5.86. The molecule has 1 fully saturated rings. The molecule has 1 unspecified atom stereocenters. The molecule has 0 saturated heterocycles. The first-order valence-corrected chi connectivity index (χ1v) is 9.34. The fourth-order valence-electron chi connectivity index (χ4n) is 2.14. The van der Waals surface area contributed by atoms with Gasteiger partial charge in [0.15, 0.2) is 0 Å². The van der Waals surface area contributed by atoms with Gasteiger partial charge in [-0.1, -0.05) is 6.92 Å². The Balaban J connectivity index is 2.35. The third-order valence-electron chi connectivity index (χ3n) is 3.79. The average Bonchev–Trinajstić information content (AvgIpc) is 3.22. The van der Waals surface area contributed by atoms with E-state index >= 15 is 0 Å². The Kier molecular flexibility index (Phi) is 8.02. The second kappa shape index (κ2) is 8.97. The second-order valence-electron chi connectivity index (χ2n) is 5.61. The van der Waals surface area contributed by atoms with Crippen molar-refractivity contribution in [2.75, 3.05) is 32.6 Å². The molecule has 1 saturated carbocycles. The summed E-state index contributed by atoms with van der Waals surface area (Å²) >= 11 is 0. The fourth-order valence-corrected chi connectivity index (χ4v) is 3.99. The molecule has 1 aliphatic carbocycles. The molecule has 0 spiro atoms. The molecule has 5 nitrogen and oxygen atoms in total. The smallest absolute Gasteiger partial charge is 0.214 e. The van der Waals surface area contributed by atoms with Gasteiger partial charge < -0.3 is 10.1 Å². The quantitative estimate of drug-likeness (QED) is 0.556. The van der Waals surface area contributed by atoms with Crippen LogP contribution in [0.2, 0.25) is 0 Å². The van der Waals surface area contributed by atoms with Gasteiger partial charge in [-0.3, -0.25) is 0 Å². The molecule has 1 rings (SSSR count). The molecule has 0 aromatic carbocycles. The first kappa shape index (κ1) is 17.9. The molecule has 6 heteroatoms. The number of methoxy groups -OCH3 is 1. The molecule has 1 atom stereocenters. The van der Waals surface area contributed by atoms with Gasteiger partial charge in [0, 0.05) is 25.7 Å². The Morgan fingerprint density at radius 2 is 2.05 bits per heavy atom. The molecule has 0 radical (unpaired) electrons.